The molecule has 0 spiro atoms. The van der Waals surface area contributed by atoms with Gasteiger partial charge in [0.2, 0.25) is 0 Å². The van der Waals surface area contributed by atoms with Gasteiger partial charge in [0, 0.05) is 13.0 Å². The highest BCUT2D eigenvalue weighted by molar-refractivity contribution is 6.00. The highest BCUT2D eigenvalue weighted by Crippen LogP contribution is 2.12. The number of hydrogen-bond donors (Lipinski definition) is 1. The minimum absolute atomic E-state index is 0.231. The summed E-state index contributed by atoms with van der Waals surface area (Å²) < 4.78 is 13.1. The zero-order valence-corrected chi connectivity index (χ0v) is 18.1. The molecule has 0 aromatic heterocycles. The average Bonchev–Trinajstić information content (AvgIpc) is 2.71. The highest BCUT2D eigenvalue weighted by atomic mass is 19.1. The Balaban J connectivity index is 1.95. The molecule has 1 rings (SSSR count). The van der Waals surface area contributed by atoms with Crippen LogP contribution in [-0.4, -0.2) is 25.9 Å². The summed E-state index contributed by atoms with van der Waals surface area (Å²) in [6.45, 7) is 4.18. The van der Waals surface area contributed by atoms with Crippen LogP contribution in [0.25, 0.3) is 0 Å². The predicted molar refractivity (Wildman–Crippen MR) is 119 cm³/mol. The fraction of sp³-hybridized carbons (Fsp3) is 0.708. The fourth-order valence-electron chi connectivity index (χ4n) is 3.42. The van der Waals surface area contributed by atoms with Gasteiger partial charge in [0.15, 0.2) is 0 Å². The predicted octanol–water partition coefficient (Wildman–Crippen LogP) is 6.86. The number of hydrogen-bond acceptors (Lipinski definition) is 3. The molecule has 0 atom stereocenters. The van der Waals surface area contributed by atoms with Crippen LogP contribution in [0.1, 0.15) is 96.0 Å². The third-order valence-corrected chi connectivity index (χ3v) is 5.12. The van der Waals surface area contributed by atoms with Crippen molar-refractivity contribution >= 4 is 5.71 Å². The molecule has 0 heterocycles. The minimum atomic E-state index is -0.231. The van der Waals surface area contributed by atoms with Crippen LogP contribution < -0.4 is 5.32 Å². The van der Waals surface area contributed by atoms with E-state index in [1.165, 1.54) is 89.2 Å². The molecule has 0 aliphatic carbocycles. The number of nitrogens with one attached hydrogen (secondary N) is 1. The largest absolute Gasteiger partial charge is 0.399 e. The maximum atomic E-state index is 13.1. The minimum Gasteiger partial charge on any atom is -0.399 e. The van der Waals surface area contributed by atoms with Crippen molar-refractivity contribution in [3.63, 3.8) is 0 Å². The third-order valence-electron chi connectivity index (χ3n) is 5.12. The van der Waals surface area contributed by atoms with Crippen molar-refractivity contribution in [2.24, 2.45) is 5.16 Å². The summed E-state index contributed by atoms with van der Waals surface area (Å²) >= 11 is 0. The van der Waals surface area contributed by atoms with Gasteiger partial charge in [-0.1, -0.05) is 94.8 Å². The van der Waals surface area contributed by atoms with E-state index in [1.807, 2.05) is 0 Å². The van der Waals surface area contributed by atoms with Gasteiger partial charge in [-0.25, -0.2) is 4.39 Å². The molecular weight excluding hydrogens is 351 g/mol. The quantitative estimate of drug-likeness (QED) is 0.168. The molecule has 0 saturated heterocycles. The van der Waals surface area contributed by atoms with Gasteiger partial charge in [0.25, 0.3) is 0 Å². The number of nitrogens with zero attached hydrogens (tertiary/aromatic N) is 1. The van der Waals surface area contributed by atoms with Crippen LogP contribution in [0, 0.1) is 5.82 Å². The third kappa shape index (κ3) is 12.9. The van der Waals surface area contributed by atoms with Gasteiger partial charge in [-0.3, -0.25) is 0 Å². The van der Waals surface area contributed by atoms with Crippen LogP contribution in [0.3, 0.4) is 0 Å². The Morgan fingerprint density at radius 3 is 1.89 bits per heavy atom. The first-order valence-electron chi connectivity index (χ1n) is 11.3. The van der Waals surface area contributed by atoms with E-state index >= 15 is 0 Å². The normalized spacial score (nSPS) is 11.8. The Hall–Kier alpha value is -1.42. The lowest BCUT2D eigenvalue weighted by Gasteiger charge is -2.08. The first-order chi connectivity index (χ1) is 13.8. The summed E-state index contributed by atoms with van der Waals surface area (Å²) in [5.41, 5.74) is 1.76. The van der Waals surface area contributed by atoms with Crippen molar-refractivity contribution in [2.75, 3.05) is 20.2 Å². The van der Waals surface area contributed by atoms with Gasteiger partial charge in [0.05, 0.1) is 5.71 Å². The van der Waals surface area contributed by atoms with E-state index in [4.69, 9.17) is 4.84 Å². The molecule has 0 unspecified atom stereocenters. The van der Waals surface area contributed by atoms with Gasteiger partial charge in [-0.05, 0) is 30.7 Å². The second-order valence-electron chi connectivity index (χ2n) is 7.62. The molecule has 1 aromatic rings. The van der Waals surface area contributed by atoms with E-state index < -0.39 is 0 Å². The monoisotopic (exact) mass is 392 g/mol. The van der Waals surface area contributed by atoms with Gasteiger partial charge < -0.3 is 10.2 Å². The molecule has 0 amide bonds. The highest BCUT2D eigenvalue weighted by Gasteiger charge is 2.05. The number of unbranched alkanes of at least 4 members (excludes halogenated alkanes) is 11. The van der Waals surface area contributed by atoms with Crippen molar-refractivity contribution in [3.8, 4) is 0 Å². The van der Waals surface area contributed by atoms with Crippen LogP contribution in [0.4, 0.5) is 4.39 Å². The molecule has 3 nitrogen and oxygen atoms in total. The SMILES string of the molecule is CCCCCCCCCCCCCCNCC/C(=N/OC)c1ccc(F)cc1. The second kappa shape index (κ2) is 17.7. The summed E-state index contributed by atoms with van der Waals surface area (Å²) in [6, 6.07) is 6.41. The van der Waals surface area contributed by atoms with E-state index in [-0.39, 0.29) is 5.82 Å². The van der Waals surface area contributed by atoms with Gasteiger partial charge in [-0.15, -0.1) is 0 Å². The standard InChI is InChI=1S/C24H41FN2O/c1-3-4-5-6-7-8-9-10-11-12-13-14-20-26-21-19-24(27-28-2)22-15-17-23(25)18-16-22/h15-18,26H,3-14,19-21H2,1-2H3/b27-24-. The molecule has 28 heavy (non-hydrogen) atoms. The molecular formula is C24H41FN2O. The summed E-state index contributed by atoms with van der Waals surface area (Å²) in [4.78, 5) is 4.93. The number of halogens is 1. The summed E-state index contributed by atoms with van der Waals surface area (Å²) in [6.07, 6.45) is 17.3. The van der Waals surface area contributed by atoms with E-state index in [0.717, 1.165) is 30.8 Å². The first kappa shape index (κ1) is 24.6. The van der Waals surface area contributed by atoms with Crippen LogP contribution in [0.5, 0.6) is 0 Å². The van der Waals surface area contributed by atoms with Crippen molar-refractivity contribution in [1.82, 2.24) is 5.32 Å². The molecule has 0 aliphatic heterocycles. The molecule has 1 aromatic carbocycles. The van der Waals surface area contributed by atoms with E-state index in [9.17, 15) is 4.39 Å². The lowest BCUT2D eigenvalue weighted by molar-refractivity contribution is 0.213. The van der Waals surface area contributed by atoms with Gasteiger partial charge >= 0.3 is 0 Å². The second-order valence-corrected chi connectivity index (χ2v) is 7.62. The summed E-state index contributed by atoms with van der Waals surface area (Å²) in [5, 5.41) is 7.56. The van der Waals surface area contributed by atoms with Gasteiger partial charge in [0.1, 0.15) is 12.9 Å². The number of benzene rings is 1. The number of rotatable bonds is 18. The molecule has 0 bridgehead atoms. The maximum Gasteiger partial charge on any atom is 0.123 e. The van der Waals surface area contributed by atoms with Crippen molar-refractivity contribution in [3.05, 3.63) is 35.6 Å². The van der Waals surface area contributed by atoms with Crippen LogP contribution in [0.2, 0.25) is 0 Å². The summed E-state index contributed by atoms with van der Waals surface area (Å²) in [7, 11) is 1.55. The Labute approximate surface area is 172 Å². The molecule has 0 fully saturated rings. The summed E-state index contributed by atoms with van der Waals surface area (Å²) in [5.74, 6) is -0.231. The fourth-order valence-corrected chi connectivity index (χ4v) is 3.42. The number of oxime groups is 1. The van der Waals surface area contributed by atoms with Crippen molar-refractivity contribution in [1.29, 1.82) is 0 Å². The zero-order valence-electron chi connectivity index (χ0n) is 18.1. The molecule has 0 aliphatic rings. The topological polar surface area (TPSA) is 33.6 Å². The van der Waals surface area contributed by atoms with Crippen LogP contribution in [-0.2, 0) is 4.84 Å². The zero-order chi connectivity index (χ0) is 20.3. The van der Waals surface area contributed by atoms with E-state index in [1.54, 1.807) is 19.2 Å². The van der Waals surface area contributed by atoms with Crippen molar-refractivity contribution in [2.45, 2.75) is 90.4 Å². The van der Waals surface area contributed by atoms with Crippen LogP contribution in [0.15, 0.2) is 29.4 Å². The smallest absolute Gasteiger partial charge is 0.123 e. The Kier molecular flexibility index (Phi) is 15.5. The Morgan fingerprint density at radius 2 is 1.36 bits per heavy atom. The van der Waals surface area contributed by atoms with E-state index in [0.29, 0.717) is 0 Å². The molecule has 1 N–H and O–H groups in total. The molecule has 160 valence electrons. The lowest BCUT2D eigenvalue weighted by atomic mass is 10.1. The Bertz CT molecular complexity index is 502. The van der Waals surface area contributed by atoms with Gasteiger partial charge in [-0.2, -0.15) is 0 Å². The lowest BCUT2D eigenvalue weighted by Crippen LogP contribution is -2.20. The first-order valence-corrected chi connectivity index (χ1v) is 11.3. The molecule has 0 saturated carbocycles. The molecule has 4 heteroatoms. The average molecular weight is 393 g/mol. The Morgan fingerprint density at radius 1 is 0.821 bits per heavy atom. The van der Waals surface area contributed by atoms with Crippen molar-refractivity contribution < 1.29 is 9.23 Å². The molecule has 0 radical (unpaired) electrons. The van der Waals surface area contributed by atoms with Crippen LogP contribution >= 0.6 is 0 Å². The van der Waals surface area contributed by atoms with E-state index in [2.05, 4.69) is 17.4 Å². The maximum absolute atomic E-state index is 13.1.